The van der Waals surface area contributed by atoms with Crippen molar-refractivity contribution >= 4 is 15.7 Å². The Kier molecular flexibility index (Phi) is 4.65. The molecule has 0 aliphatic heterocycles. The number of benzene rings is 2. The van der Waals surface area contributed by atoms with Crippen LogP contribution in [0.1, 0.15) is 16.7 Å². The van der Waals surface area contributed by atoms with Crippen molar-refractivity contribution in [1.29, 1.82) is 0 Å². The Labute approximate surface area is 125 Å². The summed E-state index contributed by atoms with van der Waals surface area (Å²) in [5, 5.41) is 8.87. The van der Waals surface area contributed by atoms with E-state index < -0.39 is 10.0 Å². The molecule has 0 saturated carbocycles. The highest BCUT2D eigenvalue weighted by Gasteiger charge is 2.16. The fourth-order valence-corrected chi connectivity index (χ4v) is 3.46. The molecule has 2 N–H and O–H groups in total. The van der Waals surface area contributed by atoms with E-state index in [1.54, 1.807) is 43.3 Å². The molecule has 4 nitrogen and oxygen atoms in total. The van der Waals surface area contributed by atoms with E-state index in [9.17, 15) is 8.42 Å². The summed E-state index contributed by atoms with van der Waals surface area (Å²) in [5.41, 5.74) is 3.09. The van der Waals surface area contributed by atoms with Crippen molar-refractivity contribution in [3.05, 3.63) is 59.2 Å². The molecule has 0 aliphatic rings. The largest absolute Gasteiger partial charge is 0.396 e. The number of sulfonamides is 1. The Morgan fingerprint density at radius 1 is 1.05 bits per heavy atom. The second-order valence-electron chi connectivity index (χ2n) is 5.04. The van der Waals surface area contributed by atoms with E-state index in [1.165, 1.54) is 0 Å². The monoisotopic (exact) mass is 305 g/mol. The third-order valence-electron chi connectivity index (χ3n) is 3.24. The Morgan fingerprint density at radius 3 is 2.33 bits per heavy atom. The summed E-state index contributed by atoms with van der Waals surface area (Å²) in [4.78, 5) is 0.293. The number of aryl methyl sites for hydroxylation is 2. The van der Waals surface area contributed by atoms with Crippen LogP contribution in [0, 0.1) is 13.8 Å². The van der Waals surface area contributed by atoms with Gasteiger partial charge in [-0.1, -0.05) is 24.3 Å². The Bertz CT molecular complexity index is 722. The Morgan fingerprint density at radius 2 is 1.71 bits per heavy atom. The number of nitrogens with one attached hydrogen (secondary N) is 1. The topological polar surface area (TPSA) is 66.4 Å². The van der Waals surface area contributed by atoms with Crippen molar-refractivity contribution < 1.29 is 13.5 Å². The van der Waals surface area contributed by atoms with E-state index in [0.29, 0.717) is 22.6 Å². The summed E-state index contributed by atoms with van der Waals surface area (Å²) >= 11 is 0. The van der Waals surface area contributed by atoms with Crippen molar-refractivity contribution in [2.45, 2.75) is 25.2 Å². The van der Waals surface area contributed by atoms with Gasteiger partial charge in [0.1, 0.15) is 0 Å². The van der Waals surface area contributed by atoms with Gasteiger partial charge in [0.15, 0.2) is 0 Å². The lowest BCUT2D eigenvalue weighted by Crippen LogP contribution is -2.14. The molecule has 0 amide bonds. The predicted octanol–water partition coefficient (Wildman–Crippen LogP) is 2.64. The number of rotatable bonds is 5. The lowest BCUT2D eigenvalue weighted by Gasteiger charge is -2.11. The average molecular weight is 305 g/mol. The van der Waals surface area contributed by atoms with Gasteiger partial charge in [0.2, 0.25) is 0 Å². The lowest BCUT2D eigenvalue weighted by atomic mass is 10.1. The maximum absolute atomic E-state index is 12.4. The minimum atomic E-state index is -3.59. The van der Waals surface area contributed by atoms with Crippen LogP contribution >= 0.6 is 0 Å². The summed E-state index contributed by atoms with van der Waals surface area (Å²) in [7, 11) is -3.59. The summed E-state index contributed by atoms with van der Waals surface area (Å²) in [6.07, 6.45) is 0.560. The zero-order chi connectivity index (χ0) is 15.5. The van der Waals surface area contributed by atoms with E-state index in [-0.39, 0.29) is 6.61 Å². The van der Waals surface area contributed by atoms with Crippen LogP contribution in [0.5, 0.6) is 0 Å². The SMILES string of the molecule is Cc1ccc(C)c(S(=O)(=O)Nc2ccc(CCO)cc2)c1. The number of aliphatic hydroxyl groups excluding tert-OH is 1. The molecule has 2 aromatic carbocycles. The maximum Gasteiger partial charge on any atom is 0.262 e. The zero-order valence-corrected chi connectivity index (χ0v) is 12.9. The van der Waals surface area contributed by atoms with Crippen LogP contribution in [0.2, 0.25) is 0 Å². The van der Waals surface area contributed by atoms with Crippen LogP contribution in [-0.2, 0) is 16.4 Å². The summed E-state index contributed by atoms with van der Waals surface area (Å²) in [5.74, 6) is 0. The molecule has 112 valence electrons. The van der Waals surface area contributed by atoms with E-state index in [0.717, 1.165) is 11.1 Å². The van der Waals surface area contributed by atoms with Crippen molar-refractivity contribution in [3.8, 4) is 0 Å². The second kappa shape index (κ2) is 6.28. The number of hydrogen-bond donors (Lipinski definition) is 2. The molecular formula is C16H19NO3S. The molecule has 0 aliphatic carbocycles. The van der Waals surface area contributed by atoms with Gasteiger partial charge in [0.25, 0.3) is 10.0 Å². The van der Waals surface area contributed by atoms with E-state index in [1.807, 2.05) is 13.0 Å². The molecule has 0 saturated heterocycles. The first-order valence-corrected chi connectivity index (χ1v) is 8.20. The van der Waals surface area contributed by atoms with Gasteiger partial charge in [0, 0.05) is 12.3 Å². The molecular weight excluding hydrogens is 286 g/mol. The third-order valence-corrected chi connectivity index (χ3v) is 4.76. The number of aliphatic hydroxyl groups is 1. The molecule has 5 heteroatoms. The average Bonchev–Trinajstić information content (AvgIpc) is 2.43. The van der Waals surface area contributed by atoms with E-state index in [2.05, 4.69) is 4.72 Å². The van der Waals surface area contributed by atoms with E-state index in [4.69, 9.17) is 5.11 Å². The number of anilines is 1. The third kappa shape index (κ3) is 3.83. The van der Waals surface area contributed by atoms with Gasteiger partial charge in [-0.05, 0) is 55.2 Å². The summed E-state index contributed by atoms with van der Waals surface area (Å²) in [6.45, 7) is 3.72. The van der Waals surface area contributed by atoms with Crippen LogP contribution in [0.4, 0.5) is 5.69 Å². The molecule has 21 heavy (non-hydrogen) atoms. The molecule has 0 fully saturated rings. The molecule has 0 spiro atoms. The van der Waals surface area contributed by atoms with E-state index >= 15 is 0 Å². The molecule has 2 rings (SSSR count). The van der Waals surface area contributed by atoms with Gasteiger partial charge in [0.05, 0.1) is 4.90 Å². The molecule has 0 aromatic heterocycles. The van der Waals surface area contributed by atoms with Crippen LogP contribution < -0.4 is 4.72 Å². The van der Waals surface area contributed by atoms with Crippen LogP contribution in [-0.4, -0.2) is 20.1 Å². The van der Waals surface area contributed by atoms with Gasteiger partial charge < -0.3 is 5.11 Å². The van der Waals surface area contributed by atoms with Crippen LogP contribution in [0.25, 0.3) is 0 Å². The maximum atomic E-state index is 12.4. The lowest BCUT2D eigenvalue weighted by molar-refractivity contribution is 0.299. The van der Waals surface area contributed by atoms with Gasteiger partial charge in [-0.25, -0.2) is 8.42 Å². The normalized spacial score (nSPS) is 11.4. The Hall–Kier alpha value is -1.85. The Balaban J connectivity index is 2.26. The van der Waals surface area contributed by atoms with Gasteiger partial charge >= 0.3 is 0 Å². The second-order valence-corrected chi connectivity index (χ2v) is 6.70. The highest BCUT2D eigenvalue weighted by atomic mass is 32.2. The minimum absolute atomic E-state index is 0.0769. The smallest absolute Gasteiger partial charge is 0.262 e. The van der Waals surface area contributed by atoms with Gasteiger partial charge in [-0.15, -0.1) is 0 Å². The highest BCUT2D eigenvalue weighted by Crippen LogP contribution is 2.21. The predicted molar refractivity (Wildman–Crippen MR) is 84.0 cm³/mol. The van der Waals surface area contributed by atoms with Crippen molar-refractivity contribution in [2.75, 3.05) is 11.3 Å². The zero-order valence-electron chi connectivity index (χ0n) is 12.1. The van der Waals surface area contributed by atoms with Crippen LogP contribution in [0.3, 0.4) is 0 Å². The first-order chi connectivity index (χ1) is 9.92. The van der Waals surface area contributed by atoms with Gasteiger partial charge in [-0.2, -0.15) is 0 Å². The molecule has 0 bridgehead atoms. The highest BCUT2D eigenvalue weighted by molar-refractivity contribution is 7.92. The first kappa shape index (κ1) is 15.5. The fourth-order valence-electron chi connectivity index (χ4n) is 2.08. The minimum Gasteiger partial charge on any atom is -0.396 e. The van der Waals surface area contributed by atoms with Crippen molar-refractivity contribution in [2.24, 2.45) is 0 Å². The van der Waals surface area contributed by atoms with Crippen molar-refractivity contribution in [1.82, 2.24) is 0 Å². The van der Waals surface area contributed by atoms with Crippen LogP contribution in [0.15, 0.2) is 47.4 Å². The fraction of sp³-hybridized carbons (Fsp3) is 0.250. The molecule has 0 radical (unpaired) electrons. The molecule has 0 unspecified atom stereocenters. The summed E-state index contributed by atoms with van der Waals surface area (Å²) < 4.78 is 27.4. The van der Waals surface area contributed by atoms with Crippen molar-refractivity contribution in [3.63, 3.8) is 0 Å². The first-order valence-electron chi connectivity index (χ1n) is 6.72. The molecule has 2 aromatic rings. The molecule has 0 atom stereocenters. The number of hydrogen-bond acceptors (Lipinski definition) is 3. The summed E-state index contributed by atoms with van der Waals surface area (Å²) in [6, 6.07) is 12.4. The van der Waals surface area contributed by atoms with Gasteiger partial charge in [-0.3, -0.25) is 4.72 Å². The quantitative estimate of drug-likeness (QED) is 0.892. The standard InChI is InChI=1S/C16H19NO3S/c1-12-3-4-13(2)16(11-12)21(19,20)17-15-7-5-14(6-8-15)9-10-18/h3-8,11,17-18H,9-10H2,1-2H3. The molecule has 0 heterocycles.